The van der Waals surface area contributed by atoms with E-state index in [1.165, 1.54) is 25.3 Å². The molecule has 1 amide bonds. The number of hydrogen-bond donors (Lipinski definition) is 3. The fourth-order valence-corrected chi connectivity index (χ4v) is 3.58. The second kappa shape index (κ2) is 5.37. The van der Waals surface area contributed by atoms with E-state index < -0.39 is 0 Å². The molecule has 108 valence electrons. The minimum atomic E-state index is -0.190. The predicted molar refractivity (Wildman–Crippen MR) is 80.9 cm³/mol. The molecule has 3 N–H and O–H groups in total. The first-order chi connectivity index (χ1) is 9.58. The molecule has 20 heavy (non-hydrogen) atoms. The smallest absolute Gasteiger partial charge is 0.255 e. The Kier molecular flexibility index (Phi) is 3.73. The Hall–Kier alpha value is -1.07. The molecule has 1 aromatic rings. The summed E-state index contributed by atoms with van der Waals surface area (Å²) < 4.78 is 0.793. The van der Waals surface area contributed by atoms with Crippen LogP contribution in [0.1, 0.15) is 42.5 Å². The van der Waals surface area contributed by atoms with Gasteiger partial charge in [-0.3, -0.25) is 4.79 Å². The van der Waals surface area contributed by atoms with Gasteiger partial charge in [0, 0.05) is 16.1 Å². The number of piperidine rings is 1. The summed E-state index contributed by atoms with van der Waals surface area (Å²) in [6.07, 6.45) is 5.64. The van der Waals surface area contributed by atoms with Crippen molar-refractivity contribution >= 4 is 21.8 Å². The quantitative estimate of drug-likeness (QED) is 0.776. The molecule has 1 heterocycles. The fourth-order valence-electron chi connectivity index (χ4n) is 3.22. The number of benzene rings is 1. The number of carbonyl (C=O) groups is 1. The van der Waals surface area contributed by atoms with Crippen LogP contribution in [0, 0.1) is 0 Å². The third-order valence-corrected chi connectivity index (χ3v) is 4.97. The van der Waals surface area contributed by atoms with E-state index in [1.54, 1.807) is 12.1 Å². The van der Waals surface area contributed by atoms with E-state index in [9.17, 15) is 9.90 Å². The van der Waals surface area contributed by atoms with Crippen LogP contribution in [-0.4, -0.2) is 29.1 Å². The van der Waals surface area contributed by atoms with E-state index in [0.29, 0.717) is 5.56 Å². The van der Waals surface area contributed by atoms with Gasteiger partial charge in [0.15, 0.2) is 0 Å². The Labute approximate surface area is 127 Å². The first kappa shape index (κ1) is 13.9. The maximum atomic E-state index is 12.3. The van der Waals surface area contributed by atoms with Crippen LogP contribution in [0.4, 0.5) is 0 Å². The van der Waals surface area contributed by atoms with Crippen LogP contribution in [0.15, 0.2) is 22.7 Å². The highest BCUT2D eigenvalue weighted by atomic mass is 79.9. The number of nitrogens with one attached hydrogen (secondary N) is 2. The van der Waals surface area contributed by atoms with Crippen LogP contribution < -0.4 is 10.6 Å². The highest BCUT2D eigenvalue weighted by Gasteiger charge is 2.41. The molecular weight excluding hydrogens is 320 g/mol. The highest BCUT2D eigenvalue weighted by molar-refractivity contribution is 9.10. The van der Waals surface area contributed by atoms with Gasteiger partial charge in [0.25, 0.3) is 5.91 Å². The SMILES string of the molecule is O=C(NC1CCNC2(CCC2)C1)c1cc(Br)ccc1O. The Balaban J connectivity index is 1.67. The topological polar surface area (TPSA) is 61.4 Å². The van der Waals surface area contributed by atoms with E-state index in [0.717, 1.165) is 23.9 Å². The predicted octanol–water partition coefficient (Wildman–Crippen LogP) is 2.56. The van der Waals surface area contributed by atoms with E-state index in [-0.39, 0.29) is 23.2 Å². The summed E-state index contributed by atoms with van der Waals surface area (Å²) >= 11 is 3.33. The number of rotatable bonds is 2. The van der Waals surface area contributed by atoms with Gasteiger partial charge in [0.05, 0.1) is 5.56 Å². The van der Waals surface area contributed by atoms with Crippen molar-refractivity contribution in [1.29, 1.82) is 0 Å². The molecule has 1 unspecified atom stereocenters. The van der Waals surface area contributed by atoms with Crippen molar-refractivity contribution in [2.75, 3.05) is 6.54 Å². The van der Waals surface area contributed by atoms with Crippen LogP contribution >= 0.6 is 15.9 Å². The molecule has 1 aromatic carbocycles. The normalized spacial score (nSPS) is 24.1. The summed E-state index contributed by atoms with van der Waals surface area (Å²) in [4.78, 5) is 12.3. The van der Waals surface area contributed by atoms with E-state index >= 15 is 0 Å². The Morgan fingerprint density at radius 2 is 2.25 bits per heavy atom. The Bertz CT molecular complexity index is 529. The average molecular weight is 339 g/mol. The highest BCUT2D eigenvalue weighted by Crippen LogP contribution is 2.38. The zero-order valence-corrected chi connectivity index (χ0v) is 12.9. The molecular formula is C15H19BrN2O2. The fraction of sp³-hybridized carbons (Fsp3) is 0.533. The summed E-state index contributed by atoms with van der Waals surface area (Å²) in [5.41, 5.74) is 0.593. The molecule has 2 fully saturated rings. The first-order valence-corrected chi connectivity index (χ1v) is 7.92. The van der Waals surface area contributed by atoms with Gasteiger partial charge in [-0.05, 0) is 56.8 Å². The average Bonchev–Trinajstić information content (AvgIpc) is 2.40. The summed E-state index contributed by atoms with van der Waals surface area (Å²) in [6.45, 7) is 0.954. The minimum Gasteiger partial charge on any atom is -0.507 e. The standard InChI is InChI=1S/C15H19BrN2O2/c16-10-2-3-13(19)12(8-10)14(20)18-11-4-7-17-15(9-11)5-1-6-15/h2-3,8,11,17,19H,1,4-7,9H2,(H,18,20). The zero-order chi connectivity index (χ0) is 14.2. The van der Waals surface area contributed by atoms with Crippen LogP contribution in [0.3, 0.4) is 0 Å². The van der Waals surface area contributed by atoms with Crippen molar-refractivity contribution in [3.63, 3.8) is 0 Å². The number of aromatic hydroxyl groups is 1. The molecule has 1 spiro atoms. The number of amides is 1. The molecule has 5 heteroatoms. The molecule has 2 aliphatic rings. The van der Waals surface area contributed by atoms with Gasteiger partial charge < -0.3 is 15.7 Å². The molecule has 0 aromatic heterocycles. The van der Waals surface area contributed by atoms with Crippen LogP contribution in [0.2, 0.25) is 0 Å². The molecule has 1 aliphatic heterocycles. The summed E-state index contributed by atoms with van der Waals surface area (Å²) in [5, 5.41) is 16.5. The van der Waals surface area contributed by atoms with Crippen LogP contribution in [0.5, 0.6) is 5.75 Å². The van der Waals surface area contributed by atoms with Crippen molar-refractivity contribution < 1.29 is 9.90 Å². The monoisotopic (exact) mass is 338 g/mol. The molecule has 1 aliphatic carbocycles. The van der Waals surface area contributed by atoms with Gasteiger partial charge >= 0.3 is 0 Å². The summed E-state index contributed by atoms with van der Waals surface area (Å²) in [6, 6.07) is 5.11. The number of hydrogen-bond acceptors (Lipinski definition) is 3. The first-order valence-electron chi connectivity index (χ1n) is 7.12. The van der Waals surface area contributed by atoms with Crippen molar-refractivity contribution in [2.45, 2.75) is 43.7 Å². The molecule has 0 radical (unpaired) electrons. The molecule has 3 rings (SSSR count). The third-order valence-electron chi connectivity index (χ3n) is 4.48. The number of phenols is 1. The lowest BCUT2D eigenvalue weighted by Gasteiger charge is -2.48. The zero-order valence-electron chi connectivity index (χ0n) is 11.3. The van der Waals surface area contributed by atoms with Crippen LogP contribution in [0.25, 0.3) is 0 Å². The van der Waals surface area contributed by atoms with E-state index in [2.05, 4.69) is 26.6 Å². The lowest BCUT2D eigenvalue weighted by molar-refractivity contribution is 0.0850. The maximum absolute atomic E-state index is 12.3. The van der Waals surface area contributed by atoms with Gasteiger partial charge in [0.2, 0.25) is 0 Å². The Morgan fingerprint density at radius 1 is 1.45 bits per heavy atom. The van der Waals surface area contributed by atoms with Crippen molar-refractivity contribution in [3.8, 4) is 5.75 Å². The molecule has 0 bridgehead atoms. The van der Waals surface area contributed by atoms with Crippen molar-refractivity contribution in [3.05, 3.63) is 28.2 Å². The second-order valence-electron chi connectivity index (χ2n) is 5.89. The van der Waals surface area contributed by atoms with Crippen molar-refractivity contribution in [2.24, 2.45) is 0 Å². The maximum Gasteiger partial charge on any atom is 0.255 e. The number of phenolic OH excluding ortho intramolecular Hbond substituents is 1. The van der Waals surface area contributed by atoms with Gasteiger partial charge in [-0.2, -0.15) is 0 Å². The van der Waals surface area contributed by atoms with Gasteiger partial charge in [-0.25, -0.2) is 0 Å². The minimum absolute atomic E-state index is 0.0259. The van der Waals surface area contributed by atoms with Gasteiger partial charge in [-0.15, -0.1) is 0 Å². The number of carbonyl (C=O) groups excluding carboxylic acids is 1. The molecule has 1 saturated carbocycles. The molecule has 1 saturated heterocycles. The largest absolute Gasteiger partial charge is 0.507 e. The lowest BCUT2D eigenvalue weighted by Crippen LogP contribution is -2.59. The molecule has 4 nitrogen and oxygen atoms in total. The van der Waals surface area contributed by atoms with Crippen molar-refractivity contribution in [1.82, 2.24) is 10.6 Å². The molecule has 1 atom stereocenters. The van der Waals surface area contributed by atoms with E-state index in [1.807, 2.05) is 0 Å². The summed E-state index contributed by atoms with van der Waals surface area (Å²) in [7, 11) is 0. The Morgan fingerprint density at radius 3 is 2.95 bits per heavy atom. The third kappa shape index (κ3) is 2.69. The summed E-state index contributed by atoms with van der Waals surface area (Å²) in [5.74, 6) is -0.164. The van der Waals surface area contributed by atoms with E-state index in [4.69, 9.17) is 0 Å². The number of halogens is 1. The second-order valence-corrected chi connectivity index (χ2v) is 6.80. The van der Waals surface area contributed by atoms with Gasteiger partial charge in [-0.1, -0.05) is 15.9 Å². The van der Waals surface area contributed by atoms with Crippen LogP contribution in [-0.2, 0) is 0 Å². The van der Waals surface area contributed by atoms with Gasteiger partial charge in [0.1, 0.15) is 5.75 Å². The lowest BCUT2D eigenvalue weighted by atomic mass is 9.70.